The topological polar surface area (TPSA) is 40.1 Å². The lowest BCUT2D eigenvalue weighted by molar-refractivity contribution is 0.0315. The second-order valence-electron chi connectivity index (χ2n) is 8.47. The summed E-state index contributed by atoms with van der Waals surface area (Å²) in [6.07, 6.45) is 3.41. The fourth-order valence-electron chi connectivity index (χ4n) is 4.48. The minimum Gasteiger partial charge on any atom is -0.379 e. The summed E-state index contributed by atoms with van der Waals surface area (Å²) in [6.45, 7) is 10.9. The standard InChI is InChI=1S/C22H33FN4O/c1-2-24-21(25-17-22(7-8-22)19-4-3-5-20(23)14-19)27-9-6-18(16-27)15-26-10-12-28-13-11-26/h3-5,14,18H,2,6-13,15-17H2,1H3,(H,24,25). The fraction of sp³-hybridized carbons (Fsp3) is 0.682. The van der Waals surface area contributed by atoms with Gasteiger partial charge in [0.05, 0.1) is 19.8 Å². The molecule has 1 saturated carbocycles. The third-order valence-corrected chi connectivity index (χ3v) is 6.36. The number of halogens is 1. The van der Waals surface area contributed by atoms with Crippen molar-refractivity contribution in [3.05, 3.63) is 35.6 Å². The molecule has 154 valence electrons. The molecule has 4 rings (SSSR count). The number of nitrogens with zero attached hydrogens (tertiary/aromatic N) is 3. The molecule has 0 amide bonds. The van der Waals surface area contributed by atoms with E-state index in [1.165, 1.54) is 12.5 Å². The Kier molecular flexibility index (Phi) is 6.16. The van der Waals surface area contributed by atoms with Crippen LogP contribution in [-0.2, 0) is 10.2 Å². The Morgan fingerprint density at radius 3 is 2.82 bits per heavy atom. The van der Waals surface area contributed by atoms with E-state index in [1.807, 2.05) is 12.1 Å². The summed E-state index contributed by atoms with van der Waals surface area (Å²) in [6, 6.07) is 7.07. The van der Waals surface area contributed by atoms with Crippen LogP contribution in [0.4, 0.5) is 4.39 Å². The van der Waals surface area contributed by atoms with Gasteiger partial charge in [-0.25, -0.2) is 4.39 Å². The van der Waals surface area contributed by atoms with E-state index in [1.54, 1.807) is 6.07 Å². The van der Waals surface area contributed by atoms with Crippen molar-refractivity contribution in [3.8, 4) is 0 Å². The van der Waals surface area contributed by atoms with Gasteiger partial charge < -0.3 is 15.0 Å². The molecule has 6 heteroatoms. The summed E-state index contributed by atoms with van der Waals surface area (Å²) in [5.41, 5.74) is 1.13. The van der Waals surface area contributed by atoms with Crippen LogP contribution in [0.1, 0.15) is 31.7 Å². The Hall–Kier alpha value is -1.66. The molecule has 1 N–H and O–H groups in total. The van der Waals surface area contributed by atoms with Crippen molar-refractivity contribution in [1.82, 2.24) is 15.1 Å². The highest BCUT2D eigenvalue weighted by Gasteiger charge is 2.44. The molecule has 0 bridgehead atoms. The fourth-order valence-corrected chi connectivity index (χ4v) is 4.48. The summed E-state index contributed by atoms with van der Waals surface area (Å²) >= 11 is 0. The van der Waals surface area contributed by atoms with E-state index in [9.17, 15) is 4.39 Å². The molecule has 1 unspecified atom stereocenters. The van der Waals surface area contributed by atoms with Gasteiger partial charge in [-0.15, -0.1) is 0 Å². The summed E-state index contributed by atoms with van der Waals surface area (Å²) in [5.74, 6) is 1.57. The zero-order chi connectivity index (χ0) is 19.4. The summed E-state index contributed by atoms with van der Waals surface area (Å²) in [5, 5.41) is 3.48. The van der Waals surface area contributed by atoms with Crippen LogP contribution in [0.25, 0.3) is 0 Å². The van der Waals surface area contributed by atoms with Gasteiger partial charge in [-0.1, -0.05) is 12.1 Å². The number of hydrogen-bond acceptors (Lipinski definition) is 3. The Bertz CT molecular complexity index is 685. The van der Waals surface area contributed by atoms with Gasteiger partial charge in [0.2, 0.25) is 0 Å². The van der Waals surface area contributed by atoms with Crippen LogP contribution in [0, 0.1) is 11.7 Å². The van der Waals surface area contributed by atoms with Crippen LogP contribution in [-0.4, -0.2) is 74.8 Å². The number of guanidine groups is 1. The maximum Gasteiger partial charge on any atom is 0.193 e. The van der Waals surface area contributed by atoms with E-state index in [-0.39, 0.29) is 11.2 Å². The molecule has 0 radical (unpaired) electrons. The molecule has 1 aliphatic carbocycles. The monoisotopic (exact) mass is 388 g/mol. The SMILES string of the molecule is CCNC(=NCC1(c2cccc(F)c2)CC1)N1CCC(CN2CCOCC2)C1. The zero-order valence-electron chi connectivity index (χ0n) is 17.0. The first-order valence-electron chi connectivity index (χ1n) is 10.8. The molecule has 2 aliphatic heterocycles. The van der Waals surface area contributed by atoms with E-state index in [0.717, 1.165) is 83.4 Å². The average molecular weight is 389 g/mol. The van der Waals surface area contributed by atoms with Gasteiger partial charge in [0, 0.05) is 44.7 Å². The lowest BCUT2D eigenvalue weighted by Crippen LogP contribution is -2.42. The first kappa shape index (κ1) is 19.6. The van der Waals surface area contributed by atoms with Crippen molar-refractivity contribution in [2.45, 2.75) is 31.6 Å². The van der Waals surface area contributed by atoms with Gasteiger partial charge >= 0.3 is 0 Å². The number of morpholine rings is 1. The van der Waals surface area contributed by atoms with Crippen molar-refractivity contribution >= 4 is 5.96 Å². The summed E-state index contributed by atoms with van der Waals surface area (Å²) < 4.78 is 19.1. The third kappa shape index (κ3) is 4.66. The Labute approximate surface area is 167 Å². The van der Waals surface area contributed by atoms with Gasteiger partial charge in [-0.3, -0.25) is 9.89 Å². The minimum absolute atomic E-state index is 0.0374. The normalized spacial score (nSPS) is 25.1. The first-order valence-corrected chi connectivity index (χ1v) is 10.8. The Morgan fingerprint density at radius 1 is 1.29 bits per heavy atom. The summed E-state index contributed by atoms with van der Waals surface area (Å²) in [7, 11) is 0. The zero-order valence-corrected chi connectivity index (χ0v) is 17.0. The van der Waals surface area contributed by atoms with Gasteiger partial charge in [0.15, 0.2) is 5.96 Å². The summed E-state index contributed by atoms with van der Waals surface area (Å²) in [4.78, 5) is 9.94. The molecule has 2 heterocycles. The molecule has 5 nitrogen and oxygen atoms in total. The highest BCUT2D eigenvalue weighted by molar-refractivity contribution is 5.80. The van der Waals surface area contributed by atoms with Crippen molar-refractivity contribution in [2.75, 3.05) is 59.0 Å². The second-order valence-corrected chi connectivity index (χ2v) is 8.47. The Balaban J connectivity index is 1.37. The number of likely N-dealkylation sites (tertiary alicyclic amines) is 1. The van der Waals surface area contributed by atoms with E-state index in [4.69, 9.17) is 9.73 Å². The van der Waals surface area contributed by atoms with E-state index < -0.39 is 0 Å². The van der Waals surface area contributed by atoms with Crippen LogP contribution in [0.3, 0.4) is 0 Å². The predicted octanol–water partition coefficient (Wildman–Crippen LogP) is 2.48. The number of hydrogen-bond donors (Lipinski definition) is 1. The van der Waals surface area contributed by atoms with Crippen LogP contribution in [0.5, 0.6) is 0 Å². The van der Waals surface area contributed by atoms with Crippen LogP contribution < -0.4 is 5.32 Å². The number of rotatable bonds is 6. The molecule has 2 saturated heterocycles. The van der Waals surface area contributed by atoms with Gasteiger partial charge in [-0.2, -0.15) is 0 Å². The average Bonchev–Trinajstić information content (AvgIpc) is 3.37. The predicted molar refractivity (Wildman–Crippen MR) is 110 cm³/mol. The highest BCUT2D eigenvalue weighted by Crippen LogP contribution is 2.48. The molecular weight excluding hydrogens is 355 g/mol. The van der Waals surface area contributed by atoms with Crippen LogP contribution in [0.2, 0.25) is 0 Å². The van der Waals surface area contributed by atoms with Gasteiger partial charge in [0.1, 0.15) is 5.82 Å². The maximum atomic E-state index is 13.7. The second kappa shape index (κ2) is 8.78. The van der Waals surface area contributed by atoms with Crippen molar-refractivity contribution in [2.24, 2.45) is 10.9 Å². The molecule has 3 aliphatic rings. The lowest BCUT2D eigenvalue weighted by atomic mass is 9.96. The Morgan fingerprint density at radius 2 is 2.11 bits per heavy atom. The van der Waals surface area contributed by atoms with Crippen LogP contribution >= 0.6 is 0 Å². The highest BCUT2D eigenvalue weighted by atomic mass is 19.1. The van der Waals surface area contributed by atoms with E-state index in [0.29, 0.717) is 5.92 Å². The van der Waals surface area contributed by atoms with Crippen molar-refractivity contribution < 1.29 is 9.13 Å². The third-order valence-electron chi connectivity index (χ3n) is 6.36. The molecular formula is C22H33FN4O. The molecule has 0 spiro atoms. The van der Waals surface area contributed by atoms with E-state index >= 15 is 0 Å². The van der Waals surface area contributed by atoms with E-state index in [2.05, 4.69) is 22.0 Å². The maximum absolute atomic E-state index is 13.7. The van der Waals surface area contributed by atoms with Gasteiger partial charge in [-0.05, 0) is 49.8 Å². The molecule has 0 aromatic heterocycles. The first-order chi connectivity index (χ1) is 13.7. The number of ether oxygens (including phenoxy) is 1. The quantitative estimate of drug-likeness (QED) is 0.600. The van der Waals surface area contributed by atoms with Crippen molar-refractivity contribution in [1.29, 1.82) is 0 Å². The number of aliphatic imine (C=N–C) groups is 1. The van der Waals surface area contributed by atoms with Crippen LogP contribution in [0.15, 0.2) is 29.3 Å². The van der Waals surface area contributed by atoms with Crippen molar-refractivity contribution in [3.63, 3.8) is 0 Å². The smallest absolute Gasteiger partial charge is 0.193 e. The lowest BCUT2D eigenvalue weighted by Gasteiger charge is -2.29. The molecule has 1 aromatic carbocycles. The number of nitrogens with one attached hydrogen (secondary N) is 1. The molecule has 28 heavy (non-hydrogen) atoms. The largest absolute Gasteiger partial charge is 0.379 e. The minimum atomic E-state index is -0.148. The molecule has 3 fully saturated rings. The molecule has 1 atom stereocenters. The molecule has 1 aromatic rings. The number of benzene rings is 1. The van der Waals surface area contributed by atoms with Gasteiger partial charge in [0.25, 0.3) is 0 Å².